The Hall–Kier alpha value is -1.56. The van der Waals surface area contributed by atoms with Crippen molar-refractivity contribution < 1.29 is 14.2 Å². The Labute approximate surface area is 123 Å². The fourth-order valence-electron chi connectivity index (χ4n) is 2.94. The highest BCUT2D eigenvalue weighted by Gasteiger charge is 2.25. The Kier molecular flexibility index (Phi) is 4.14. The van der Waals surface area contributed by atoms with Crippen LogP contribution in [-0.4, -0.2) is 46.9 Å². The fourth-order valence-corrected chi connectivity index (χ4v) is 2.94. The van der Waals surface area contributed by atoms with Gasteiger partial charge >= 0.3 is 0 Å². The average Bonchev–Trinajstić information content (AvgIpc) is 2.50. The molecule has 0 amide bonds. The predicted molar refractivity (Wildman–Crippen MR) is 78.4 cm³/mol. The van der Waals surface area contributed by atoms with Crippen molar-refractivity contribution in [3.05, 3.63) is 41.8 Å². The molecule has 2 unspecified atom stereocenters. The van der Waals surface area contributed by atoms with Gasteiger partial charge < -0.3 is 9.84 Å². The molecule has 1 aliphatic heterocycles. The Balaban J connectivity index is 1.86. The van der Waals surface area contributed by atoms with E-state index in [2.05, 4.69) is 9.88 Å². The van der Waals surface area contributed by atoms with E-state index in [1.54, 1.807) is 24.4 Å². The third kappa shape index (κ3) is 3.05. The highest BCUT2D eigenvalue weighted by atomic mass is 19.1. The topological polar surface area (TPSA) is 45.6 Å². The van der Waals surface area contributed by atoms with Gasteiger partial charge in [0.25, 0.3) is 0 Å². The number of hydrogen-bond acceptors (Lipinski definition) is 4. The number of benzene rings is 1. The first-order chi connectivity index (χ1) is 10.2. The average molecular weight is 290 g/mol. The summed E-state index contributed by atoms with van der Waals surface area (Å²) in [6.45, 7) is 4.16. The molecule has 112 valence electrons. The highest BCUT2D eigenvalue weighted by Crippen LogP contribution is 2.22. The van der Waals surface area contributed by atoms with E-state index in [9.17, 15) is 9.50 Å². The molecule has 1 N–H and O–H groups in total. The third-order valence-electron chi connectivity index (χ3n) is 3.80. The monoisotopic (exact) mass is 290 g/mol. The Bertz CT molecular complexity index is 635. The molecule has 1 fully saturated rings. The van der Waals surface area contributed by atoms with E-state index in [1.807, 2.05) is 6.92 Å². The largest absolute Gasteiger partial charge is 0.394 e. The molecule has 5 heteroatoms. The zero-order valence-corrected chi connectivity index (χ0v) is 12.0. The van der Waals surface area contributed by atoms with Crippen molar-refractivity contribution in [3.8, 4) is 0 Å². The van der Waals surface area contributed by atoms with Gasteiger partial charge in [0.15, 0.2) is 0 Å². The molecule has 0 aliphatic carbocycles. The van der Waals surface area contributed by atoms with E-state index in [1.165, 1.54) is 6.07 Å². The van der Waals surface area contributed by atoms with Crippen molar-refractivity contribution in [2.45, 2.75) is 25.7 Å². The van der Waals surface area contributed by atoms with Crippen molar-refractivity contribution in [1.29, 1.82) is 0 Å². The van der Waals surface area contributed by atoms with Gasteiger partial charge in [-0.05, 0) is 30.7 Å². The third-order valence-corrected chi connectivity index (χ3v) is 3.80. The second-order valence-electron chi connectivity index (χ2n) is 5.55. The molecule has 1 aromatic carbocycles. The van der Waals surface area contributed by atoms with Crippen LogP contribution >= 0.6 is 0 Å². The van der Waals surface area contributed by atoms with Crippen LogP contribution in [0.2, 0.25) is 0 Å². The summed E-state index contributed by atoms with van der Waals surface area (Å²) >= 11 is 0. The minimum Gasteiger partial charge on any atom is -0.394 e. The summed E-state index contributed by atoms with van der Waals surface area (Å²) in [7, 11) is 0. The Morgan fingerprint density at radius 3 is 3.05 bits per heavy atom. The van der Waals surface area contributed by atoms with E-state index < -0.39 is 0 Å². The maximum Gasteiger partial charge on any atom is 0.132 e. The van der Waals surface area contributed by atoms with Crippen LogP contribution in [0.15, 0.2) is 30.5 Å². The number of halogens is 1. The minimum atomic E-state index is -0.245. The van der Waals surface area contributed by atoms with E-state index >= 15 is 0 Å². The van der Waals surface area contributed by atoms with Gasteiger partial charge in [-0.3, -0.25) is 9.88 Å². The zero-order chi connectivity index (χ0) is 14.8. The van der Waals surface area contributed by atoms with Crippen LogP contribution in [0.25, 0.3) is 10.9 Å². The summed E-state index contributed by atoms with van der Waals surface area (Å²) in [6.07, 6.45) is 1.60. The number of aromatic nitrogens is 1. The van der Waals surface area contributed by atoms with Crippen molar-refractivity contribution in [3.63, 3.8) is 0 Å². The predicted octanol–water partition coefficient (Wildman–Crippen LogP) is 1.96. The minimum absolute atomic E-state index is 0.0171. The molecule has 3 rings (SSSR count). The van der Waals surface area contributed by atoms with Crippen molar-refractivity contribution in [2.24, 2.45) is 0 Å². The van der Waals surface area contributed by atoms with Crippen LogP contribution in [0.1, 0.15) is 12.5 Å². The molecule has 0 saturated carbocycles. The number of nitrogens with zero attached hydrogens (tertiary/aromatic N) is 2. The molecule has 0 radical (unpaired) electrons. The second kappa shape index (κ2) is 6.05. The number of pyridine rings is 1. The van der Waals surface area contributed by atoms with Crippen LogP contribution in [0.5, 0.6) is 0 Å². The smallest absolute Gasteiger partial charge is 0.132 e. The standard InChI is InChI=1S/C16H19FN2O2/c1-11-7-19(9-13(10-20)21-11)8-12-4-5-15(17)14-3-2-6-18-16(12)14/h2-6,11,13,20H,7-10H2,1H3. The van der Waals surface area contributed by atoms with E-state index in [0.29, 0.717) is 24.0 Å². The maximum atomic E-state index is 13.8. The molecule has 1 saturated heterocycles. The Morgan fingerprint density at radius 1 is 1.38 bits per heavy atom. The lowest BCUT2D eigenvalue weighted by Gasteiger charge is -2.36. The van der Waals surface area contributed by atoms with Crippen LogP contribution < -0.4 is 0 Å². The zero-order valence-electron chi connectivity index (χ0n) is 12.0. The van der Waals surface area contributed by atoms with Crippen LogP contribution in [0.4, 0.5) is 4.39 Å². The van der Waals surface area contributed by atoms with E-state index in [0.717, 1.165) is 12.1 Å². The SMILES string of the molecule is CC1CN(Cc2ccc(F)c3cccnc23)CC(CO)O1. The second-order valence-corrected chi connectivity index (χ2v) is 5.55. The number of fused-ring (bicyclic) bond motifs is 1. The molecular formula is C16H19FN2O2. The number of aliphatic hydroxyl groups is 1. The van der Waals surface area contributed by atoms with E-state index in [4.69, 9.17) is 4.74 Å². The summed E-state index contributed by atoms with van der Waals surface area (Å²) in [5.74, 6) is -0.245. The van der Waals surface area contributed by atoms with Gasteiger partial charge in [0.1, 0.15) is 5.82 Å². The van der Waals surface area contributed by atoms with Crippen LogP contribution in [0, 0.1) is 5.82 Å². The molecule has 2 aromatic rings. The van der Waals surface area contributed by atoms with Gasteiger partial charge in [0.05, 0.1) is 24.3 Å². The highest BCUT2D eigenvalue weighted by molar-refractivity contribution is 5.82. The number of ether oxygens (including phenoxy) is 1. The van der Waals surface area contributed by atoms with Gasteiger partial charge in [0, 0.05) is 31.2 Å². The van der Waals surface area contributed by atoms with Gasteiger partial charge in [0.2, 0.25) is 0 Å². The molecular weight excluding hydrogens is 271 g/mol. The molecule has 1 aliphatic rings. The lowest BCUT2D eigenvalue weighted by molar-refractivity contribution is -0.0971. The number of aliphatic hydroxyl groups excluding tert-OH is 1. The van der Waals surface area contributed by atoms with Crippen LogP contribution in [0.3, 0.4) is 0 Å². The molecule has 2 atom stereocenters. The summed E-state index contributed by atoms with van der Waals surface area (Å²) in [5, 5.41) is 9.84. The lowest BCUT2D eigenvalue weighted by atomic mass is 10.1. The number of morpholine rings is 1. The molecule has 0 spiro atoms. The summed E-state index contributed by atoms with van der Waals surface area (Å²) in [5.41, 5.74) is 1.70. The van der Waals surface area contributed by atoms with Crippen molar-refractivity contribution in [1.82, 2.24) is 9.88 Å². The first kappa shape index (κ1) is 14.4. The molecule has 2 heterocycles. The van der Waals surface area contributed by atoms with Crippen molar-refractivity contribution >= 4 is 10.9 Å². The first-order valence-corrected chi connectivity index (χ1v) is 7.18. The first-order valence-electron chi connectivity index (χ1n) is 7.18. The molecule has 1 aromatic heterocycles. The number of rotatable bonds is 3. The summed E-state index contributed by atoms with van der Waals surface area (Å²) in [6, 6.07) is 6.78. The van der Waals surface area contributed by atoms with Gasteiger partial charge in [-0.25, -0.2) is 4.39 Å². The van der Waals surface area contributed by atoms with Crippen LogP contribution in [-0.2, 0) is 11.3 Å². The van der Waals surface area contributed by atoms with Gasteiger partial charge in [-0.2, -0.15) is 0 Å². The lowest BCUT2D eigenvalue weighted by Crippen LogP contribution is -2.47. The number of hydrogen-bond donors (Lipinski definition) is 1. The van der Waals surface area contributed by atoms with Gasteiger partial charge in [-0.1, -0.05) is 6.07 Å². The normalized spacial score (nSPS) is 23.6. The molecule has 4 nitrogen and oxygen atoms in total. The van der Waals surface area contributed by atoms with Crippen molar-refractivity contribution in [2.75, 3.05) is 19.7 Å². The Morgan fingerprint density at radius 2 is 2.24 bits per heavy atom. The maximum absolute atomic E-state index is 13.8. The summed E-state index contributed by atoms with van der Waals surface area (Å²) < 4.78 is 19.5. The molecule has 21 heavy (non-hydrogen) atoms. The van der Waals surface area contributed by atoms with E-state index in [-0.39, 0.29) is 24.6 Å². The fraction of sp³-hybridized carbons (Fsp3) is 0.438. The quantitative estimate of drug-likeness (QED) is 0.938. The summed E-state index contributed by atoms with van der Waals surface area (Å²) in [4.78, 5) is 6.54. The molecule has 0 bridgehead atoms. The van der Waals surface area contributed by atoms with Gasteiger partial charge in [-0.15, -0.1) is 0 Å².